The summed E-state index contributed by atoms with van der Waals surface area (Å²) in [6.45, 7) is 3.86. The third kappa shape index (κ3) is 3.90. The van der Waals surface area contributed by atoms with Crippen molar-refractivity contribution in [1.82, 2.24) is 14.9 Å². The van der Waals surface area contributed by atoms with Crippen LogP contribution in [0.25, 0.3) is 10.9 Å². The summed E-state index contributed by atoms with van der Waals surface area (Å²) in [6, 6.07) is 1.81. The average molecular weight is 368 g/mol. The normalized spacial score (nSPS) is 19.6. The van der Waals surface area contributed by atoms with Gasteiger partial charge >= 0.3 is 0 Å². The molecule has 0 radical (unpaired) electrons. The second kappa shape index (κ2) is 7.80. The zero-order valence-electron chi connectivity index (χ0n) is 16.0. The Kier molecular flexibility index (Phi) is 5.25. The van der Waals surface area contributed by atoms with Crippen molar-refractivity contribution >= 4 is 28.3 Å². The molecule has 0 bridgehead atoms. The summed E-state index contributed by atoms with van der Waals surface area (Å²) in [7, 11) is 0. The highest BCUT2D eigenvalue weighted by Crippen LogP contribution is 2.36. The average Bonchev–Trinajstić information content (AvgIpc) is 3.31. The highest BCUT2D eigenvalue weighted by molar-refractivity contribution is 6.12. The number of nitrogens with zero attached hydrogens (tertiary/aromatic N) is 2. The van der Waals surface area contributed by atoms with Gasteiger partial charge in [0, 0.05) is 24.7 Å². The van der Waals surface area contributed by atoms with E-state index in [4.69, 9.17) is 0 Å². The van der Waals surface area contributed by atoms with Crippen molar-refractivity contribution in [3.8, 4) is 0 Å². The number of aromatic amines is 1. The number of carbonyl (C=O) groups excluding carboxylic acids is 2. The number of hydrogen-bond acceptors (Lipinski definition) is 4. The van der Waals surface area contributed by atoms with E-state index in [1.807, 2.05) is 6.07 Å². The molecule has 1 aliphatic heterocycles. The number of likely N-dealkylation sites (tertiary alicyclic amines) is 1. The first-order chi connectivity index (χ1) is 13.1. The highest BCUT2D eigenvalue weighted by atomic mass is 16.2. The van der Waals surface area contributed by atoms with E-state index in [1.165, 1.54) is 45.4 Å². The second-order valence-corrected chi connectivity index (χ2v) is 8.06. The van der Waals surface area contributed by atoms with Gasteiger partial charge in [0.15, 0.2) is 5.78 Å². The number of fused-ring (bicyclic) bond motifs is 1. The van der Waals surface area contributed by atoms with E-state index >= 15 is 0 Å². The molecule has 1 amide bonds. The van der Waals surface area contributed by atoms with Crippen molar-refractivity contribution < 1.29 is 9.59 Å². The minimum Gasteiger partial charge on any atom is -0.350 e. The third-order valence-corrected chi connectivity index (χ3v) is 6.28. The molecule has 2 fully saturated rings. The lowest BCUT2D eigenvalue weighted by Gasteiger charge is -2.34. The molecule has 1 saturated heterocycles. The van der Waals surface area contributed by atoms with Gasteiger partial charge in [0.25, 0.3) is 0 Å². The van der Waals surface area contributed by atoms with Crippen molar-refractivity contribution in [2.24, 2.45) is 11.8 Å². The fraction of sp³-hybridized carbons (Fsp3) is 0.571. The van der Waals surface area contributed by atoms with Crippen LogP contribution in [0.4, 0.5) is 5.69 Å². The maximum Gasteiger partial charge on any atom is 0.238 e. The number of rotatable bonds is 5. The van der Waals surface area contributed by atoms with Gasteiger partial charge < -0.3 is 10.3 Å². The molecule has 6 nitrogen and oxygen atoms in total. The Bertz CT molecular complexity index is 830. The molecule has 0 unspecified atom stereocenters. The standard InChI is InChI=1S/C21H28N4O2/c1-14(26)20-21(17-12-22-9-6-18(17)23-20)24-19(27)13-25-10-7-16(8-11-25)15-4-2-3-5-15/h6,9,12,15-16,23H,2-5,7-8,10-11,13H2,1H3,(H,24,27). The number of anilines is 1. The number of Topliss-reactive ketones (excluding diaryl/α,β-unsaturated/α-hetero) is 1. The van der Waals surface area contributed by atoms with Crippen molar-refractivity contribution in [2.45, 2.75) is 45.4 Å². The van der Waals surface area contributed by atoms with Gasteiger partial charge in [0.2, 0.25) is 5.91 Å². The maximum atomic E-state index is 12.6. The Labute approximate surface area is 159 Å². The molecule has 2 aliphatic rings. The molecule has 27 heavy (non-hydrogen) atoms. The van der Waals surface area contributed by atoms with Crippen molar-refractivity contribution in [3.63, 3.8) is 0 Å². The third-order valence-electron chi connectivity index (χ3n) is 6.28. The quantitative estimate of drug-likeness (QED) is 0.791. The van der Waals surface area contributed by atoms with Crippen molar-refractivity contribution in [2.75, 3.05) is 25.0 Å². The van der Waals surface area contributed by atoms with E-state index in [0.717, 1.165) is 35.8 Å². The summed E-state index contributed by atoms with van der Waals surface area (Å²) < 4.78 is 0. The Morgan fingerprint density at radius 3 is 2.59 bits per heavy atom. The lowest BCUT2D eigenvalue weighted by atomic mass is 9.83. The van der Waals surface area contributed by atoms with Crippen LogP contribution in [0, 0.1) is 11.8 Å². The molecular weight excluding hydrogens is 340 g/mol. The summed E-state index contributed by atoms with van der Waals surface area (Å²) in [4.78, 5) is 34.0. The zero-order chi connectivity index (χ0) is 18.8. The first-order valence-corrected chi connectivity index (χ1v) is 10.1. The van der Waals surface area contributed by atoms with Crippen LogP contribution < -0.4 is 5.32 Å². The number of H-pyrrole nitrogens is 1. The van der Waals surface area contributed by atoms with Crippen molar-refractivity contribution in [3.05, 3.63) is 24.2 Å². The lowest BCUT2D eigenvalue weighted by molar-refractivity contribution is -0.117. The zero-order valence-corrected chi connectivity index (χ0v) is 16.0. The van der Waals surface area contributed by atoms with Gasteiger partial charge in [-0.3, -0.25) is 19.5 Å². The number of ketones is 1. The highest BCUT2D eigenvalue weighted by Gasteiger charge is 2.29. The van der Waals surface area contributed by atoms with Crippen LogP contribution in [0.2, 0.25) is 0 Å². The number of nitrogens with one attached hydrogen (secondary N) is 2. The minimum atomic E-state index is -0.0983. The van der Waals surface area contributed by atoms with Crippen LogP contribution in [0.5, 0.6) is 0 Å². The number of carbonyl (C=O) groups is 2. The van der Waals surface area contributed by atoms with E-state index in [0.29, 0.717) is 17.9 Å². The number of aromatic nitrogens is 2. The SMILES string of the molecule is CC(=O)c1[nH]c2ccncc2c1NC(=O)CN1CCC(C2CCCC2)CC1. The predicted octanol–water partition coefficient (Wildman–Crippen LogP) is 3.61. The topological polar surface area (TPSA) is 78.1 Å². The Balaban J connectivity index is 1.38. The second-order valence-electron chi connectivity index (χ2n) is 8.06. The Morgan fingerprint density at radius 2 is 1.89 bits per heavy atom. The van der Waals surface area contributed by atoms with E-state index in [-0.39, 0.29) is 11.7 Å². The maximum absolute atomic E-state index is 12.6. The molecule has 2 aromatic heterocycles. The van der Waals surface area contributed by atoms with Gasteiger partial charge in [-0.25, -0.2) is 0 Å². The fourth-order valence-electron chi connectivity index (χ4n) is 4.82. The molecule has 2 N–H and O–H groups in total. The lowest BCUT2D eigenvalue weighted by Crippen LogP contribution is -2.40. The smallest absolute Gasteiger partial charge is 0.238 e. The van der Waals surface area contributed by atoms with Gasteiger partial charge in [-0.05, 0) is 43.8 Å². The number of pyridine rings is 1. The molecule has 0 aromatic carbocycles. The summed E-state index contributed by atoms with van der Waals surface area (Å²) in [5.41, 5.74) is 1.80. The summed E-state index contributed by atoms with van der Waals surface area (Å²) in [6.07, 6.45) is 11.3. The van der Waals surface area contributed by atoms with Gasteiger partial charge in [-0.15, -0.1) is 0 Å². The first-order valence-electron chi connectivity index (χ1n) is 10.1. The molecule has 0 spiro atoms. The van der Waals surface area contributed by atoms with E-state index in [9.17, 15) is 9.59 Å². The molecule has 3 heterocycles. The molecular formula is C21H28N4O2. The largest absolute Gasteiger partial charge is 0.350 e. The number of hydrogen-bond donors (Lipinski definition) is 2. The molecule has 0 atom stereocenters. The molecule has 2 aromatic rings. The van der Waals surface area contributed by atoms with Gasteiger partial charge in [0.1, 0.15) is 5.69 Å². The van der Waals surface area contributed by atoms with E-state index in [1.54, 1.807) is 12.4 Å². The van der Waals surface area contributed by atoms with Gasteiger partial charge in [0.05, 0.1) is 17.7 Å². The Morgan fingerprint density at radius 1 is 1.19 bits per heavy atom. The van der Waals surface area contributed by atoms with Crippen LogP contribution >= 0.6 is 0 Å². The van der Waals surface area contributed by atoms with Crippen LogP contribution in [-0.4, -0.2) is 46.2 Å². The summed E-state index contributed by atoms with van der Waals surface area (Å²) in [5.74, 6) is 1.59. The molecule has 4 rings (SSSR count). The molecule has 1 saturated carbocycles. The number of piperidine rings is 1. The molecule has 6 heteroatoms. The van der Waals surface area contributed by atoms with E-state index < -0.39 is 0 Å². The molecule has 144 valence electrons. The minimum absolute atomic E-state index is 0.0680. The Hall–Kier alpha value is -2.21. The van der Waals surface area contributed by atoms with Crippen molar-refractivity contribution in [1.29, 1.82) is 0 Å². The fourth-order valence-corrected chi connectivity index (χ4v) is 4.82. The van der Waals surface area contributed by atoms with Crippen LogP contribution in [0.1, 0.15) is 55.9 Å². The van der Waals surface area contributed by atoms with Gasteiger partial charge in [-0.1, -0.05) is 25.7 Å². The van der Waals surface area contributed by atoms with Gasteiger partial charge in [-0.2, -0.15) is 0 Å². The summed E-state index contributed by atoms with van der Waals surface area (Å²) >= 11 is 0. The van der Waals surface area contributed by atoms with Crippen LogP contribution in [0.15, 0.2) is 18.5 Å². The first kappa shape index (κ1) is 18.2. The van der Waals surface area contributed by atoms with Crippen LogP contribution in [0.3, 0.4) is 0 Å². The van der Waals surface area contributed by atoms with E-state index in [2.05, 4.69) is 20.2 Å². The predicted molar refractivity (Wildman–Crippen MR) is 106 cm³/mol. The monoisotopic (exact) mass is 368 g/mol. The molecule has 1 aliphatic carbocycles. The number of amides is 1. The van der Waals surface area contributed by atoms with Crippen LogP contribution in [-0.2, 0) is 4.79 Å². The summed E-state index contributed by atoms with van der Waals surface area (Å²) in [5, 5.41) is 3.73.